The van der Waals surface area contributed by atoms with Crippen LogP contribution < -0.4 is 5.01 Å². The van der Waals surface area contributed by atoms with E-state index in [2.05, 4.69) is 15.3 Å². The van der Waals surface area contributed by atoms with Gasteiger partial charge in [0.25, 0.3) is 0 Å². The summed E-state index contributed by atoms with van der Waals surface area (Å²) in [5.74, 6) is -1.63. The molecule has 0 radical (unpaired) electrons. The normalized spacial score (nSPS) is 13.4. The Bertz CT molecular complexity index is 950. The van der Waals surface area contributed by atoms with Crippen LogP contribution in [0.15, 0.2) is 35.6 Å². The van der Waals surface area contributed by atoms with Gasteiger partial charge in [-0.05, 0) is 30.2 Å². The molecule has 0 fully saturated rings. The quantitative estimate of drug-likeness (QED) is 0.385. The zero-order valence-corrected chi connectivity index (χ0v) is 17.4. The van der Waals surface area contributed by atoms with Gasteiger partial charge in [0.1, 0.15) is 5.82 Å². The zero-order chi connectivity index (χ0) is 23.1. The third-order valence-corrected chi connectivity index (χ3v) is 4.45. The molecule has 1 heterocycles. The highest BCUT2D eigenvalue weighted by atomic mass is 19.1. The molecule has 0 unspecified atom stereocenters. The van der Waals surface area contributed by atoms with Crippen LogP contribution in [0.1, 0.15) is 43.9 Å². The number of aliphatic hydroxyl groups excluding tert-OH is 2. The van der Waals surface area contributed by atoms with Gasteiger partial charge in [-0.1, -0.05) is 26.0 Å². The molecule has 0 bridgehead atoms. The van der Waals surface area contributed by atoms with Crippen LogP contribution in [0, 0.1) is 10.7 Å². The van der Waals surface area contributed by atoms with Crippen LogP contribution in [0.2, 0.25) is 0 Å². The van der Waals surface area contributed by atoms with E-state index >= 15 is 0 Å². The lowest BCUT2D eigenvalue weighted by atomic mass is 9.97. The second-order valence-electron chi connectivity index (χ2n) is 7.35. The predicted octanol–water partition coefficient (Wildman–Crippen LogP) is 3.12. The largest absolute Gasteiger partial charge is 0.481 e. The molecule has 0 aliphatic carbocycles. The Labute approximate surface area is 178 Å². The molecule has 0 aliphatic rings. The smallest absolute Gasteiger partial charge is 0.305 e. The number of aromatic nitrogens is 2. The van der Waals surface area contributed by atoms with E-state index in [-0.39, 0.29) is 18.3 Å². The van der Waals surface area contributed by atoms with Crippen molar-refractivity contribution in [3.05, 3.63) is 52.3 Å². The molecule has 0 saturated carbocycles. The van der Waals surface area contributed by atoms with Crippen LogP contribution in [-0.4, -0.2) is 50.5 Å². The molecule has 1 aromatic carbocycles. The van der Waals surface area contributed by atoms with Crippen molar-refractivity contribution in [2.24, 2.45) is 5.29 Å². The summed E-state index contributed by atoms with van der Waals surface area (Å²) in [4.78, 5) is 30.5. The van der Waals surface area contributed by atoms with Gasteiger partial charge in [0.2, 0.25) is 5.95 Å². The number of rotatable bonds is 10. The van der Waals surface area contributed by atoms with E-state index in [0.29, 0.717) is 22.5 Å². The molecule has 3 N–H and O–H groups in total. The first kappa shape index (κ1) is 24.0. The lowest BCUT2D eigenvalue weighted by Gasteiger charge is -2.18. The van der Waals surface area contributed by atoms with Crippen molar-refractivity contribution < 1.29 is 24.5 Å². The lowest BCUT2D eigenvalue weighted by molar-refractivity contribution is -0.139. The molecule has 0 amide bonds. The third kappa shape index (κ3) is 6.63. The maximum atomic E-state index is 13.4. The molecule has 2 rings (SSSR count). The number of carbonyl (C=O) groups is 1. The van der Waals surface area contributed by atoms with Crippen molar-refractivity contribution in [2.75, 3.05) is 12.1 Å². The second kappa shape index (κ2) is 10.7. The van der Waals surface area contributed by atoms with Crippen LogP contribution in [0.25, 0.3) is 17.3 Å². The first-order chi connectivity index (χ1) is 14.6. The summed E-state index contributed by atoms with van der Waals surface area (Å²) in [5.41, 5.74) is 2.07. The number of benzene rings is 1. The Morgan fingerprint density at radius 1 is 1.23 bits per heavy atom. The summed E-state index contributed by atoms with van der Waals surface area (Å²) in [7, 11) is 1.41. The molecule has 0 saturated heterocycles. The van der Waals surface area contributed by atoms with Crippen LogP contribution in [0.3, 0.4) is 0 Å². The summed E-state index contributed by atoms with van der Waals surface area (Å²) < 4.78 is 13.4. The minimum atomic E-state index is -1.20. The van der Waals surface area contributed by atoms with Crippen molar-refractivity contribution in [2.45, 2.75) is 44.8 Å². The number of carboxylic acid groups (broad SMARTS) is 1. The fraction of sp³-hybridized carbons (Fsp3) is 0.381. The summed E-state index contributed by atoms with van der Waals surface area (Å²) in [6, 6.07) is 5.62. The summed E-state index contributed by atoms with van der Waals surface area (Å²) >= 11 is 0. The molecule has 31 heavy (non-hydrogen) atoms. The highest BCUT2D eigenvalue weighted by molar-refractivity contribution is 5.75. The second-order valence-corrected chi connectivity index (χ2v) is 7.35. The van der Waals surface area contributed by atoms with Gasteiger partial charge in [-0.3, -0.25) is 4.79 Å². The van der Waals surface area contributed by atoms with E-state index in [9.17, 15) is 24.3 Å². The zero-order valence-electron chi connectivity index (χ0n) is 17.4. The number of aliphatic hydroxyl groups is 2. The number of hydrogen-bond acceptors (Lipinski definition) is 7. The van der Waals surface area contributed by atoms with E-state index in [1.54, 1.807) is 6.08 Å². The van der Waals surface area contributed by atoms with Crippen LogP contribution in [-0.2, 0) is 4.79 Å². The fourth-order valence-electron chi connectivity index (χ4n) is 2.94. The highest BCUT2D eigenvalue weighted by Gasteiger charge is 2.20. The number of nitroso groups, excluding NO2 is 1. The minimum Gasteiger partial charge on any atom is -0.481 e. The van der Waals surface area contributed by atoms with E-state index in [4.69, 9.17) is 5.11 Å². The van der Waals surface area contributed by atoms with E-state index in [0.717, 1.165) is 5.01 Å². The van der Waals surface area contributed by atoms with Crippen molar-refractivity contribution in [1.29, 1.82) is 0 Å². The predicted molar refractivity (Wildman–Crippen MR) is 114 cm³/mol. The Morgan fingerprint density at radius 3 is 2.42 bits per heavy atom. The van der Waals surface area contributed by atoms with E-state index < -0.39 is 30.4 Å². The van der Waals surface area contributed by atoms with Gasteiger partial charge >= 0.3 is 5.97 Å². The molecular weight excluding hydrogens is 407 g/mol. The van der Waals surface area contributed by atoms with Crippen LogP contribution >= 0.6 is 0 Å². The Hall–Kier alpha value is -3.24. The summed E-state index contributed by atoms with van der Waals surface area (Å²) in [5, 5.41) is 32.5. The number of halogens is 1. The molecule has 9 nitrogen and oxygen atoms in total. The molecule has 166 valence electrons. The number of aliphatic carboxylic acids is 1. The fourth-order valence-corrected chi connectivity index (χ4v) is 2.94. The van der Waals surface area contributed by atoms with E-state index in [1.165, 1.54) is 37.4 Å². The Balaban J connectivity index is 2.53. The molecule has 0 spiro atoms. The topological polar surface area (TPSA) is 136 Å². The number of nitrogens with zero attached hydrogens (tertiary/aromatic N) is 4. The van der Waals surface area contributed by atoms with Crippen LogP contribution in [0.5, 0.6) is 0 Å². The van der Waals surface area contributed by atoms with Crippen molar-refractivity contribution >= 4 is 18.0 Å². The number of carboxylic acids is 1. The van der Waals surface area contributed by atoms with Crippen molar-refractivity contribution in [1.82, 2.24) is 9.97 Å². The lowest BCUT2D eigenvalue weighted by Crippen LogP contribution is -2.19. The number of anilines is 1. The molecule has 2 aromatic rings. The van der Waals surface area contributed by atoms with Gasteiger partial charge in [0.15, 0.2) is 0 Å². The van der Waals surface area contributed by atoms with Crippen molar-refractivity contribution in [3.63, 3.8) is 0 Å². The monoisotopic (exact) mass is 432 g/mol. The molecular formula is C21H25FN4O5. The Kier molecular flexibility index (Phi) is 8.29. The van der Waals surface area contributed by atoms with Gasteiger partial charge in [-0.2, -0.15) is 5.01 Å². The average molecular weight is 432 g/mol. The van der Waals surface area contributed by atoms with Gasteiger partial charge in [0.05, 0.1) is 35.3 Å². The first-order valence-corrected chi connectivity index (χ1v) is 9.63. The summed E-state index contributed by atoms with van der Waals surface area (Å²) in [6.45, 7) is 3.78. The molecule has 1 aromatic heterocycles. The standard InChI is InChI=1S/C21H25FN4O5/c1-12(2)19-17(9-8-15(27)10-16(28)11-18(29)30)20(13-4-6-14(22)7-5-13)24-21(23-19)26(3)25-31/h4-9,12,15-16,27-28H,10-11H2,1-3H3,(H,29,30)/b9-8+/t15-,16-/m1/s1. The van der Waals surface area contributed by atoms with E-state index in [1.807, 2.05) is 13.8 Å². The molecule has 0 aliphatic heterocycles. The molecule has 2 atom stereocenters. The van der Waals surface area contributed by atoms with Gasteiger partial charge in [-0.25, -0.2) is 14.4 Å². The Morgan fingerprint density at radius 2 is 1.87 bits per heavy atom. The minimum absolute atomic E-state index is 0.0626. The average Bonchev–Trinajstić information content (AvgIpc) is 2.70. The highest BCUT2D eigenvalue weighted by Crippen LogP contribution is 2.31. The van der Waals surface area contributed by atoms with Gasteiger partial charge in [0, 0.05) is 24.6 Å². The van der Waals surface area contributed by atoms with Gasteiger partial charge < -0.3 is 15.3 Å². The SMILES string of the molecule is CC(C)c1nc(N(C)N=O)nc(-c2ccc(F)cc2)c1/C=C/[C@@H](O)C[C@@H](O)CC(=O)O. The summed E-state index contributed by atoms with van der Waals surface area (Å²) in [6.07, 6.45) is 0.0152. The number of hydrogen-bond donors (Lipinski definition) is 3. The van der Waals surface area contributed by atoms with Crippen LogP contribution in [0.4, 0.5) is 10.3 Å². The maximum absolute atomic E-state index is 13.4. The maximum Gasteiger partial charge on any atom is 0.305 e. The molecule has 10 heteroatoms. The van der Waals surface area contributed by atoms with Crippen molar-refractivity contribution in [3.8, 4) is 11.3 Å². The first-order valence-electron chi connectivity index (χ1n) is 9.63. The van der Waals surface area contributed by atoms with Gasteiger partial charge in [-0.15, -0.1) is 4.91 Å². The third-order valence-electron chi connectivity index (χ3n) is 4.45.